The molecule has 2 aromatic heterocycles. The van der Waals surface area contributed by atoms with E-state index in [9.17, 15) is 24.0 Å². The summed E-state index contributed by atoms with van der Waals surface area (Å²) in [5.41, 5.74) is -0.541. The fourth-order valence-corrected chi connectivity index (χ4v) is 7.14. The fourth-order valence-electron chi connectivity index (χ4n) is 6.97. The molecule has 0 N–H and O–H groups in total. The van der Waals surface area contributed by atoms with Crippen molar-refractivity contribution in [3.8, 4) is 0 Å². The molecule has 0 aromatic carbocycles. The molecule has 10 atom stereocenters. The number of ether oxygens (including phenoxy) is 7. The summed E-state index contributed by atoms with van der Waals surface area (Å²) in [6.45, 7) is 10.4. The number of carbonyl (C=O) groups excluding carboxylic acids is 5. The normalized spacial score (nSPS) is 32.9. The minimum atomic E-state index is -1.05. The number of imidazole rings is 1. The van der Waals surface area contributed by atoms with Gasteiger partial charge in [-0.1, -0.05) is 53.1 Å². The number of carbonyl (C=O) groups is 5. The van der Waals surface area contributed by atoms with Crippen molar-refractivity contribution in [3.05, 3.63) is 17.8 Å². The van der Waals surface area contributed by atoms with Gasteiger partial charge in [0.15, 0.2) is 35.3 Å². The van der Waals surface area contributed by atoms with Crippen LogP contribution in [0.2, 0.25) is 5.15 Å². The molecule has 0 bridgehead atoms. The number of aromatic nitrogens is 4. The molecule has 4 heterocycles. The van der Waals surface area contributed by atoms with Crippen LogP contribution in [-0.4, -0.2) is 91.3 Å². The van der Waals surface area contributed by atoms with Crippen LogP contribution in [0.3, 0.4) is 0 Å². The second-order valence-electron chi connectivity index (χ2n) is 12.3. The third kappa shape index (κ3) is 7.71. The molecule has 2 saturated heterocycles. The Labute approximate surface area is 295 Å². The summed E-state index contributed by atoms with van der Waals surface area (Å²) in [4.78, 5) is 69.7. The molecule has 16 nitrogen and oxygen atoms in total. The predicted octanol–water partition coefficient (Wildman–Crippen LogP) is 4.25. The molecule has 0 amide bonds. The maximum Gasteiger partial charge on any atom is 0.305 e. The van der Waals surface area contributed by atoms with Crippen molar-refractivity contribution < 1.29 is 57.1 Å². The standard InChI is InChI=1S/C17H19ClN4O5.C14H20O7.2CH4/c1-4-10-5-17(10)13(26-9(3)24)12(25-8(2)23)16(27-17)22-7-21-11-14(18)19-6-20-15(11)22;1-5-10-6-14(10)12(19-8(3)16)11(18-7(2)15)13(21-14)20-9(4)17;;/h6-7,10,12-13,16H,4-5H2,1-3H3;10-13H,5-6H2,1-4H3;2*1H4/t10-,12-,13?,16+,17-;10-,11-,12?,13+,14-;;/m00../s1. The van der Waals surface area contributed by atoms with Crippen molar-refractivity contribution in [2.45, 2.75) is 137 Å². The number of esters is 5. The first-order valence-electron chi connectivity index (χ1n) is 15.7. The van der Waals surface area contributed by atoms with Gasteiger partial charge in [-0.15, -0.1) is 0 Å². The highest BCUT2D eigenvalue weighted by Gasteiger charge is 2.72. The van der Waals surface area contributed by atoms with Crippen molar-refractivity contribution in [2.75, 3.05) is 0 Å². The maximum absolute atomic E-state index is 11.8. The summed E-state index contributed by atoms with van der Waals surface area (Å²) < 4.78 is 40.5. The fraction of sp³-hybridized carbons (Fsp3) is 0.697. The molecular weight excluding hydrogens is 680 g/mol. The zero-order valence-corrected chi connectivity index (χ0v) is 28.4. The summed E-state index contributed by atoms with van der Waals surface area (Å²) in [5.74, 6) is -2.16. The van der Waals surface area contributed by atoms with Gasteiger partial charge in [-0.25, -0.2) is 15.0 Å². The molecule has 2 spiro atoms. The van der Waals surface area contributed by atoms with Gasteiger partial charge in [0.1, 0.15) is 23.0 Å². The van der Waals surface area contributed by atoms with Crippen molar-refractivity contribution >= 4 is 52.6 Å². The van der Waals surface area contributed by atoms with Gasteiger partial charge in [-0.2, -0.15) is 0 Å². The second kappa shape index (κ2) is 15.6. The molecule has 6 rings (SSSR count). The van der Waals surface area contributed by atoms with Crippen molar-refractivity contribution in [3.63, 3.8) is 0 Å². The Morgan fingerprint density at radius 1 is 0.740 bits per heavy atom. The van der Waals surface area contributed by atoms with Crippen LogP contribution < -0.4 is 0 Å². The summed E-state index contributed by atoms with van der Waals surface area (Å²) in [6, 6.07) is 0. The Hall–Kier alpha value is -3.89. The molecular formula is C33H47ClN4O12. The van der Waals surface area contributed by atoms with E-state index in [1.165, 1.54) is 47.3 Å². The van der Waals surface area contributed by atoms with Gasteiger partial charge in [-0.05, 0) is 24.7 Å². The molecule has 2 aliphatic heterocycles. The largest absolute Gasteiger partial charge is 0.455 e. The van der Waals surface area contributed by atoms with Crippen LogP contribution in [0.1, 0.15) is 95.2 Å². The van der Waals surface area contributed by atoms with Crippen LogP contribution in [-0.2, 0) is 57.1 Å². The molecule has 0 radical (unpaired) electrons. The van der Waals surface area contributed by atoms with E-state index in [1.807, 2.05) is 13.8 Å². The van der Waals surface area contributed by atoms with Crippen LogP contribution in [0, 0.1) is 11.8 Å². The highest BCUT2D eigenvalue weighted by Crippen LogP contribution is 2.61. The minimum absolute atomic E-state index is 0. The number of fused-ring (bicyclic) bond motifs is 1. The minimum Gasteiger partial charge on any atom is -0.455 e. The number of nitrogens with zero attached hydrogens (tertiary/aromatic N) is 4. The molecule has 2 aromatic rings. The zero-order chi connectivity index (χ0) is 35.1. The summed E-state index contributed by atoms with van der Waals surface area (Å²) >= 11 is 6.09. The lowest BCUT2D eigenvalue weighted by molar-refractivity contribution is -0.197. The monoisotopic (exact) mass is 726 g/mol. The zero-order valence-electron chi connectivity index (χ0n) is 27.7. The van der Waals surface area contributed by atoms with E-state index in [0.29, 0.717) is 17.6 Å². The van der Waals surface area contributed by atoms with Crippen LogP contribution in [0.5, 0.6) is 0 Å². The van der Waals surface area contributed by atoms with Crippen LogP contribution in [0.4, 0.5) is 0 Å². The molecule has 50 heavy (non-hydrogen) atoms. The quantitative estimate of drug-likeness (QED) is 0.213. The van der Waals surface area contributed by atoms with Gasteiger partial charge in [0.2, 0.25) is 12.4 Å². The summed E-state index contributed by atoms with van der Waals surface area (Å²) in [6.07, 6.45) is 0.905. The lowest BCUT2D eigenvalue weighted by Gasteiger charge is -2.24. The van der Waals surface area contributed by atoms with Crippen molar-refractivity contribution in [2.24, 2.45) is 11.8 Å². The van der Waals surface area contributed by atoms with E-state index in [4.69, 9.17) is 44.8 Å². The molecule has 2 saturated carbocycles. The van der Waals surface area contributed by atoms with Gasteiger partial charge in [0.25, 0.3) is 0 Å². The SMILES string of the molecule is C.C.CC[C@H]1C[C@]12O[C@@H](OC(C)=O)[C@@H](OC(C)=O)C2OC(C)=O.CC[C@H]1C[C@]12O[C@@H](n1cnc3c(Cl)ncnc31)[C@@H](OC(C)=O)C2OC(C)=O. The highest BCUT2D eigenvalue weighted by atomic mass is 35.5. The predicted molar refractivity (Wildman–Crippen MR) is 175 cm³/mol. The second-order valence-corrected chi connectivity index (χ2v) is 12.7. The van der Waals surface area contributed by atoms with Crippen LogP contribution in [0.25, 0.3) is 11.2 Å². The van der Waals surface area contributed by atoms with Crippen molar-refractivity contribution in [1.29, 1.82) is 0 Å². The van der Waals surface area contributed by atoms with E-state index in [2.05, 4.69) is 15.0 Å². The molecule has 278 valence electrons. The maximum atomic E-state index is 11.8. The third-order valence-electron chi connectivity index (χ3n) is 9.02. The van der Waals surface area contributed by atoms with Crippen LogP contribution >= 0.6 is 11.6 Å². The topological polar surface area (TPSA) is 194 Å². The van der Waals surface area contributed by atoms with Gasteiger partial charge in [0, 0.05) is 34.6 Å². The molecule has 2 aliphatic carbocycles. The third-order valence-corrected chi connectivity index (χ3v) is 9.30. The Morgan fingerprint density at radius 2 is 1.22 bits per heavy atom. The van der Waals surface area contributed by atoms with Gasteiger partial charge < -0.3 is 33.2 Å². The first-order valence-corrected chi connectivity index (χ1v) is 16.1. The Kier molecular flexibility index (Phi) is 12.6. The van der Waals surface area contributed by atoms with Crippen LogP contribution in [0.15, 0.2) is 12.7 Å². The Bertz CT molecular complexity index is 1600. The van der Waals surface area contributed by atoms with Crippen molar-refractivity contribution in [1.82, 2.24) is 19.5 Å². The molecule has 4 fully saturated rings. The number of rotatable bonds is 8. The molecule has 17 heteroatoms. The Morgan fingerprint density at radius 3 is 1.70 bits per heavy atom. The van der Waals surface area contributed by atoms with E-state index >= 15 is 0 Å². The average Bonchev–Trinajstić information content (AvgIpc) is 3.77. The summed E-state index contributed by atoms with van der Waals surface area (Å²) in [7, 11) is 0. The first-order chi connectivity index (χ1) is 22.7. The number of hydrogen-bond acceptors (Lipinski definition) is 15. The summed E-state index contributed by atoms with van der Waals surface area (Å²) in [5, 5.41) is 0.213. The number of hydrogen-bond donors (Lipinski definition) is 0. The van der Waals surface area contributed by atoms with E-state index in [1.54, 1.807) is 4.57 Å². The Balaban J connectivity index is 0.000000268. The first kappa shape index (κ1) is 40.5. The molecule has 2 unspecified atom stereocenters. The average molecular weight is 727 g/mol. The highest BCUT2D eigenvalue weighted by molar-refractivity contribution is 6.33. The van der Waals surface area contributed by atoms with Gasteiger partial charge in [-0.3, -0.25) is 28.5 Å². The van der Waals surface area contributed by atoms with E-state index in [0.717, 1.165) is 19.3 Å². The van der Waals surface area contributed by atoms with Gasteiger partial charge in [0.05, 0.1) is 6.33 Å². The molecule has 4 aliphatic rings. The lowest BCUT2D eigenvalue weighted by atomic mass is 10.1. The van der Waals surface area contributed by atoms with E-state index in [-0.39, 0.29) is 31.8 Å². The van der Waals surface area contributed by atoms with E-state index < -0.39 is 78.0 Å². The lowest BCUT2D eigenvalue weighted by Crippen LogP contribution is -2.42. The smallest absolute Gasteiger partial charge is 0.305 e. The number of halogens is 1. The van der Waals surface area contributed by atoms with Gasteiger partial charge >= 0.3 is 29.8 Å².